The maximum Gasteiger partial charge on any atom is 0.329 e. The van der Waals surface area contributed by atoms with Crippen LogP contribution in [0, 0.1) is 13.8 Å². The number of hydrogen-bond acceptors (Lipinski definition) is 2. The second kappa shape index (κ2) is 7.17. The summed E-state index contributed by atoms with van der Waals surface area (Å²) in [6.45, 7) is 6.20. The van der Waals surface area contributed by atoms with Gasteiger partial charge in [0.25, 0.3) is 5.91 Å². The topological polar surface area (TPSA) is 54.3 Å². The van der Waals surface area contributed by atoms with Gasteiger partial charge in [-0.3, -0.25) is 9.69 Å². The summed E-state index contributed by atoms with van der Waals surface area (Å²) in [7, 11) is 0. The lowest BCUT2D eigenvalue weighted by Crippen LogP contribution is -2.31. The van der Waals surface area contributed by atoms with Gasteiger partial charge in [-0.2, -0.15) is 0 Å². The Morgan fingerprint density at radius 2 is 1.88 bits per heavy atom. The molecule has 2 aromatic rings. The van der Waals surface area contributed by atoms with Crippen LogP contribution in [0.15, 0.2) is 30.0 Å². The van der Waals surface area contributed by atoms with Crippen molar-refractivity contribution < 1.29 is 9.59 Å². The molecule has 1 saturated heterocycles. The molecule has 1 fully saturated rings. The molecule has 2 heterocycles. The van der Waals surface area contributed by atoms with E-state index in [1.165, 1.54) is 4.90 Å². The largest absolute Gasteiger partial charge is 0.329 e. The number of rotatable bonds is 4. The number of hydrogen-bond donors (Lipinski definition) is 1. The number of halogens is 2. The number of amides is 3. The maximum atomic E-state index is 12.4. The van der Waals surface area contributed by atoms with Crippen LogP contribution in [0.2, 0.25) is 10.0 Å². The van der Waals surface area contributed by atoms with Crippen molar-refractivity contribution in [1.29, 1.82) is 0 Å². The van der Waals surface area contributed by atoms with E-state index in [0.29, 0.717) is 23.0 Å². The van der Waals surface area contributed by atoms with E-state index < -0.39 is 0 Å². The average Bonchev–Trinajstić information content (AvgIpc) is 3.01. The maximum absolute atomic E-state index is 12.4. The van der Waals surface area contributed by atoms with Crippen molar-refractivity contribution in [2.75, 3.05) is 6.54 Å². The highest BCUT2D eigenvalue weighted by molar-refractivity contribution is 6.34. The fraction of sp³-hybridized carbons (Fsp3) is 0.263. The zero-order valence-electron chi connectivity index (χ0n) is 14.8. The standard InChI is InChI=1S/C19H19Cl2N3O2/c1-4-7-23-18(25)16(22-19(23)26)9-13-8-11(2)24(12(13)3)17-10-14(20)5-6-15(17)21/h5-6,8-10H,4,7H2,1-3H3,(H,22,26)/b16-9+. The lowest BCUT2D eigenvalue weighted by atomic mass is 10.2. The molecule has 3 rings (SSSR count). The van der Waals surface area contributed by atoms with Crippen molar-refractivity contribution in [2.24, 2.45) is 0 Å². The Bertz CT molecular complexity index is 931. The van der Waals surface area contributed by atoms with Crippen molar-refractivity contribution in [2.45, 2.75) is 27.2 Å². The Balaban J connectivity index is 2.03. The minimum Gasteiger partial charge on any atom is -0.316 e. The summed E-state index contributed by atoms with van der Waals surface area (Å²) in [4.78, 5) is 25.6. The normalized spacial score (nSPS) is 15.9. The third-order valence-corrected chi connectivity index (χ3v) is 4.88. The summed E-state index contributed by atoms with van der Waals surface area (Å²) in [6, 6.07) is 6.85. The van der Waals surface area contributed by atoms with Crippen molar-refractivity contribution >= 4 is 41.2 Å². The first-order valence-electron chi connectivity index (χ1n) is 8.32. The smallest absolute Gasteiger partial charge is 0.316 e. The van der Waals surface area contributed by atoms with Gasteiger partial charge in [0.15, 0.2) is 0 Å². The molecular weight excluding hydrogens is 373 g/mol. The van der Waals surface area contributed by atoms with E-state index in [1.807, 2.05) is 31.4 Å². The molecule has 3 amide bonds. The van der Waals surface area contributed by atoms with Crippen LogP contribution in [0.5, 0.6) is 0 Å². The molecule has 1 aliphatic heterocycles. The zero-order valence-corrected chi connectivity index (χ0v) is 16.3. The molecule has 1 aromatic heterocycles. The van der Waals surface area contributed by atoms with Crippen LogP contribution in [0.4, 0.5) is 4.79 Å². The van der Waals surface area contributed by atoms with Gasteiger partial charge in [-0.15, -0.1) is 0 Å². The van der Waals surface area contributed by atoms with Crippen LogP contribution in [0.3, 0.4) is 0 Å². The fourth-order valence-electron chi connectivity index (χ4n) is 3.12. The van der Waals surface area contributed by atoms with Gasteiger partial charge >= 0.3 is 6.03 Å². The van der Waals surface area contributed by atoms with Gasteiger partial charge in [0.05, 0.1) is 10.7 Å². The van der Waals surface area contributed by atoms with E-state index >= 15 is 0 Å². The molecule has 0 unspecified atom stereocenters. The monoisotopic (exact) mass is 391 g/mol. The Morgan fingerprint density at radius 3 is 2.58 bits per heavy atom. The summed E-state index contributed by atoms with van der Waals surface area (Å²) in [5.74, 6) is -0.303. The zero-order chi connectivity index (χ0) is 19.0. The minimum atomic E-state index is -0.380. The van der Waals surface area contributed by atoms with Crippen LogP contribution >= 0.6 is 23.2 Å². The van der Waals surface area contributed by atoms with E-state index in [1.54, 1.807) is 24.3 Å². The quantitative estimate of drug-likeness (QED) is 0.606. The number of aromatic nitrogens is 1. The Morgan fingerprint density at radius 1 is 1.15 bits per heavy atom. The van der Waals surface area contributed by atoms with Crippen LogP contribution in [-0.2, 0) is 4.79 Å². The third kappa shape index (κ3) is 3.24. The SMILES string of the molecule is CCCN1C(=O)N/C(=C/c2cc(C)n(-c3cc(Cl)ccc3Cl)c2C)C1=O. The molecule has 0 radical (unpaired) electrons. The van der Waals surface area contributed by atoms with E-state index in [9.17, 15) is 9.59 Å². The van der Waals surface area contributed by atoms with Crippen molar-refractivity contribution in [3.63, 3.8) is 0 Å². The molecule has 1 N–H and O–H groups in total. The van der Waals surface area contributed by atoms with Crippen molar-refractivity contribution in [3.05, 3.63) is 57.0 Å². The summed E-state index contributed by atoms with van der Waals surface area (Å²) in [6.07, 6.45) is 2.42. The Hall–Kier alpha value is -2.24. The molecule has 1 aromatic carbocycles. The minimum absolute atomic E-state index is 0.279. The number of imide groups is 1. The van der Waals surface area contributed by atoms with Crippen LogP contribution in [0.1, 0.15) is 30.3 Å². The van der Waals surface area contributed by atoms with E-state index in [0.717, 1.165) is 22.6 Å². The summed E-state index contributed by atoms with van der Waals surface area (Å²) in [5.41, 5.74) is 3.73. The van der Waals surface area contributed by atoms with E-state index in [2.05, 4.69) is 5.32 Å². The van der Waals surface area contributed by atoms with Crippen molar-refractivity contribution in [1.82, 2.24) is 14.8 Å². The van der Waals surface area contributed by atoms with Crippen molar-refractivity contribution in [3.8, 4) is 5.69 Å². The van der Waals surface area contributed by atoms with Gasteiger partial charge in [-0.25, -0.2) is 4.79 Å². The number of carbonyl (C=O) groups is 2. The molecule has 136 valence electrons. The summed E-state index contributed by atoms with van der Waals surface area (Å²) >= 11 is 12.5. The van der Waals surface area contributed by atoms with Gasteiger partial charge in [0.2, 0.25) is 0 Å². The number of benzene rings is 1. The molecule has 7 heteroatoms. The molecule has 0 saturated carbocycles. The van der Waals surface area contributed by atoms with E-state index in [-0.39, 0.29) is 17.6 Å². The summed E-state index contributed by atoms with van der Waals surface area (Å²) in [5, 5.41) is 3.81. The number of nitrogens with one attached hydrogen (secondary N) is 1. The molecule has 0 spiro atoms. The molecule has 0 bridgehead atoms. The van der Waals surface area contributed by atoms with Crippen LogP contribution < -0.4 is 5.32 Å². The van der Waals surface area contributed by atoms with Gasteiger partial charge in [-0.1, -0.05) is 30.1 Å². The van der Waals surface area contributed by atoms with E-state index in [4.69, 9.17) is 23.2 Å². The number of nitrogens with zero attached hydrogens (tertiary/aromatic N) is 2. The second-order valence-corrected chi connectivity index (χ2v) is 7.05. The lowest BCUT2D eigenvalue weighted by Gasteiger charge is -2.12. The molecule has 1 aliphatic rings. The average molecular weight is 392 g/mol. The lowest BCUT2D eigenvalue weighted by molar-refractivity contribution is -0.122. The number of urea groups is 1. The van der Waals surface area contributed by atoms with Gasteiger partial charge in [-0.05, 0) is 56.2 Å². The third-order valence-electron chi connectivity index (χ3n) is 4.33. The molecule has 0 aliphatic carbocycles. The molecule has 26 heavy (non-hydrogen) atoms. The first-order chi connectivity index (χ1) is 12.3. The predicted molar refractivity (Wildman–Crippen MR) is 104 cm³/mol. The number of carbonyl (C=O) groups excluding carboxylic acids is 2. The fourth-order valence-corrected chi connectivity index (χ4v) is 3.48. The van der Waals surface area contributed by atoms with Gasteiger partial charge in [0.1, 0.15) is 5.70 Å². The van der Waals surface area contributed by atoms with Crippen LogP contribution in [-0.4, -0.2) is 28.0 Å². The highest BCUT2D eigenvalue weighted by Gasteiger charge is 2.32. The van der Waals surface area contributed by atoms with Crippen LogP contribution in [0.25, 0.3) is 11.8 Å². The highest BCUT2D eigenvalue weighted by Crippen LogP contribution is 2.30. The first kappa shape index (κ1) is 18.5. The second-order valence-electron chi connectivity index (χ2n) is 6.20. The molecule has 0 atom stereocenters. The summed E-state index contributed by atoms with van der Waals surface area (Å²) < 4.78 is 1.98. The molecule has 5 nitrogen and oxygen atoms in total. The van der Waals surface area contributed by atoms with Gasteiger partial charge in [0, 0.05) is 23.0 Å². The molecular formula is C19H19Cl2N3O2. The highest BCUT2D eigenvalue weighted by atomic mass is 35.5. The predicted octanol–water partition coefficient (Wildman–Crippen LogP) is 4.70. The number of aryl methyl sites for hydroxylation is 1. The Labute approximate surface area is 162 Å². The van der Waals surface area contributed by atoms with Gasteiger partial charge < -0.3 is 9.88 Å². The first-order valence-corrected chi connectivity index (χ1v) is 9.08. The Kier molecular flexibility index (Phi) is 5.12.